The number of nitrogens with one attached hydrogen (secondary N) is 1. The highest BCUT2D eigenvalue weighted by molar-refractivity contribution is 7.89. The van der Waals surface area contributed by atoms with Crippen LogP contribution in [-0.4, -0.2) is 26.0 Å². The van der Waals surface area contributed by atoms with E-state index in [4.69, 9.17) is 16.7 Å². The largest absolute Gasteiger partial charge is 0.481 e. The minimum Gasteiger partial charge on any atom is -0.481 e. The fourth-order valence-electron chi connectivity index (χ4n) is 3.42. The van der Waals surface area contributed by atoms with Gasteiger partial charge in [-0.05, 0) is 48.6 Å². The highest BCUT2D eigenvalue weighted by Crippen LogP contribution is 2.23. The van der Waals surface area contributed by atoms with Crippen molar-refractivity contribution >= 4 is 27.6 Å². The van der Waals surface area contributed by atoms with Gasteiger partial charge in [0, 0.05) is 18.0 Å². The Morgan fingerprint density at radius 2 is 1.48 bits per heavy atom. The molecule has 0 fully saturated rings. The number of carboxylic acid groups (broad SMARTS) is 1. The van der Waals surface area contributed by atoms with E-state index in [0.717, 1.165) is 62.5 Å². The smallest absolute Gasteiger partial charge is 0.303 e. The number of halogens is 1. The molecule has 0 aliphatic heterocycles. The van der Waals surface area contributed by atoms with Crippen molar-refractivity contribution in [2.75, 3.05) is 6.54 Å². The lowest BCUT2D eigenvalue weighted by molar-refractivity contribution is -0.137. The molecule has 0 saturated carbocycles. The first-order valence-corrected chi connectivity index (χ1v) is 12.8. The molecule has 2 rings (SSSR count). The Bertz CT molecular complexity index is 916. The zero-order valence-electron chi connectivity index (χ0n) is 17.9. The summed E-state index contributed by atoms with van der Waals surface area (Å²) >= 11 is 6.28. The lowest BCUT2D eigenvalue weighted by Crippen LogP contribution is -2.25. The summed E-state index contributed by atoms with van der Waals surface area (Å²) in [5.41, 5.74) is 1.87. The van der Waals surface area contributed by atoms with Gasteiger partial charge < -0.3 is 5.11 Å². The maximum absolute atomic E-state index is 12.6. The quantitative estimate of drug-likeness (QED) is 0.325. The van der Waals surface area contributed by atoms with Gasteiger partial charge in [0.1, 0.15) is 0 Å². The van der Waals surface area contributed by atoms with E-state index in [0.29, 0.717) is 18.0 Å². The van der Waals surface area contributed by atoms with Gasteiger partial charge in [-0.25, -0.2) is 13.1 Å². The Hall–Kier alpha value is -1.89. The number of hydrogen-bond acceptors (Lipinski definition) is 3. The highest BCUT2D eigenvalue weighted by Gasteiger charge is 2.15. The normalized spacial score (nSPS) is 11.5. The zero-order chi connectivity index (χ0) is 22.5. The molecule has 0 radical (unpaired) electrons. The molecule has 0 atom stereocenters. The van der Waals surface area contributed by atoms with Gasteiger partial charge in [0.2, 0.25) is 10.0 Å². The maximum atomic E-state index is 12.6. The summed E-state index contributed by atoms with van der Waals surface area (Å²) in [5, 5.41) is 9.16. The number of carbonyl (C=O) groups is 1. The number of sulfonamides is 1. The van der Waals surface area contributed by atoms with E-state index in [-0.39, 0.29) is 11.3 Å². The van der Waals surface area contributed by atoms with E-state index in [9.17, 15) is 13.2 Å². The van der Waals surface area contributed by atoms with Gasteiger partial charge in [-0.3, -0.25) is 4.79 Å². The molecule has 0 aliphatic carbocycles. The van der Waals surface area contributed by atoms with Crippen molar-refractivity contribution in [3.63, 3.8) is 0 Å². The summed E-state index contributed by atoms with van der Waals surface area (Å²) in [4.78, 5) is 10.7. The van der Waals surface area contributed by atoms with Crippen LogP contribution < -0.4 is 4.72 Å². The molecule has 0 saturated heterocycles. The average Bonchev–Trinajstić information content (AvgIpc) is 2.74. The van der Waals surface area contributed by atoms with Gasteiger partial charge in [0.05, 0.1) is 4.90 Å². The summed E-state index contributed by atoms with van der Waals surface area (Å²) < 4.78 is 28.0. The first kappa shape index (κ1) is 25.4. The second kappa shape index (κ2) is 13.5. The summed E-state index contributed by atoms with van der Waals surface area (Å²) in [7, 11) is -3.56. The fraction of sp³-hybridized carbons (Fsp3) is 0.458. The van der Waals surface area contributed by atoms with E-state index in [1.54, 1.807) is 18.2 Å². The Balaban J connectivity index is 1.70. The number of hydrogen-bond donors (Lipinski definition) is 2. The van der Waals surface area contributed by atoms with Crippen molar-refractivity contribution in [2.24, 2.45) is 0 Å². The molecule has 0 bridgehead atoms. The average molecular weight is 466 g/mol. The molecule has 0 spiro atoms. The Morgan fingerprint density at radius 1 is 0.871 bits per heavy atom. The Labute approximate surface area is 190 Å². The lowest BCUT2D eigenvalue weighted by atomic mass is 10.1. The molecule has 2 aromatic carbocycles. The molecule has 0 heterocycles. The van der Waals surface area contributed by atoms with Gasteiger partial charge in [0.25, 0.3) is 0 Å². The molecule has 7 heteroatoms. The van der Waals surface area contributed by atoms with Gasteiger partial charge in [-0.15, -0.1) is 0 Å². The van der Waals surface area contributed by atoms with Gasteiger partial charge >= 0.3 is 5.97 Å². The van der Waals surface area contributed by atoms with Crippen LogP contribution in [0.4, 0.5) is 0 Å². The topological polar surface area (TPSA) is 83.5 Å². The SMILES string of the molecule is O=C(O)CCCCCCCCCCNS(=O)(=O)c1ccc(Cl)c(Cc2ccccc2)c1. The second-order valence-corrected chi connectivity index (χ2v) is 9.96. The molecule has 31 heavy (non-hydrogen) atoms. The van der Waals surface area contributed by atoms with E-state index in [1.165, 1.54) is 0 Å². The third-order valence-corrected chi connectivity index (χ3v) is 7.00. The van der Waals surface area contributed by atoms with Crippen molar-refractivity contribution in [3.05, 3.63) is 64.7 Å². The number of benzene rings is 2. The van der Waals surface area contributed by atoms with E-state index in [2.05, 4.69) is 4.72 Å². The minimum absolute atomic E-state index is 0.240. The number of aliphatic carboxylic acids is 1. The van der Waals surface area contributed by atoms with Crippen molar-refractivity contribution in [1.82, 2.24) is 4.72 Å². The Kier molecular flexibility index (Phi) is 11.1. The van der Waals surface area contributed by atoms with Gasteiger partial charge in [-0.2, -0.15) is 0 Å². The summed E-state index contributed by atoms with van der Waals surface area (Å²) in [5.74, 6) is -0.728. The molecule has 5 nitrogen and oxygen atoms in total. The minimum atomic E-state index is -3.56. The van der Waals surface area contributed by atoms with E-state index < -0.39 is 16.0 Å². The van der Waals surface area contributed by atoms with Crippen LogP contribution in [0.5, 0.6) is 0 Å². The van der Waals surface area contributed by atoms with Gasteiger partial charge in [-0.1, -0.05) is 80.5 Å². The standard InChI is InChI=1S/C24H32ClNO4S/c25-23-16-15-22(19-21(23)18-20-12-8-7-9-13-20)31(29,30)26-17-11-6-4-2-1-3-5-10-14-24(27)28/h7-9,12-13,15-16,19,26H,1-6,10-11,14,17-18H2,(H,27,28). The van der Waals surface area contributed by atoms with E-state index >= 15 is 0 Å². The fourth-order valence-corrected chi connectivity index (χ4v) is 4.73. The molecule has 0 aromatic heterocycles. The van der Waals surface area contributed by atoms with Crippen LogP contribution in [0.3, 0.4) is 0 Å². The molecule has 0 unspecified atom stereocenters. The predicted octanol–water partition coefficient (Wildman–Crippen LogP) is 5.80. The molecular formula is C24H32ClNO4S. The summed E-state index contributed by atoms with van der Waals surface area (Å²) in [6.45, 7) is 0.414. The number of unbranched alkanes of at least 4 members (excludes halogenated alkanes) is 7. The summed E-state index contributed by atoms with van der Waals surface area (Å²) in [6, 6.07) is 14.7. The monoisotopic (exact) mass is 465 g/mol. The van der Waals surface area contributed by atoms with Crippen molar-refractivity contribution in [3.8, 4) is 0 Å². The third kappa shape index (κ3) is 9.85. The van der Waals surface area contributed by atoms with Crippen molar-refractivity contribution in [2.45, 2.75) is 69.1 Å². The van der Waals surface area contributed by atoms with Crippen LogP contribution in [0, 0.1) is 0 Å². The third-order valence-electron chi connectivity index (χ3n) is 5.17. The molecule has 170 valence electrons. The molecule has 2 N–H and O–H groups in total. The van der Waals surface area contributed by atoms with Crippen molar-refractivity contribution in [1.29, 1.82) is 0 Å². The molecule has 0 amide bonds. The van der Waals surface area contributed by atoms with Gasteiger partial charge in [0.15, 0.2) is 0 Å². The van der Waals surface area contributed by atoms with Crippen LogP contribution >= 0.6 is 11.6 Å². The van der Waals surface area contributed by atoms with Crippen LogP contribution in [0.2, 0.25) is 5.02 Å². The number of rotatable bonds is 15. The highest BCUT2D eigenvalue weighted by atomic mass is 35.5. The van der Waals surface area contributed by atoms with Crippen LogP contribution in [0.25, 0.3) is 0 Å². The first-order valence-electron chi connectivity index (χ1n) is 10.9. The van der Waals surface area contributed by atoms with Crippen molar-refractivity contribution < 1.29 is 18.3 Å². The second-order valence-electron chi connectivity index (χ2n) is 7.79. The van der Waals surface area contributed by atoms with Crippen LogP contribution in [-0.2, 0) is 21.2 Å². The molecular weight excluding hydrogens is 434 g/mol. The van der Waals surface area contributed by atoms with Crippen LogP contribution in [0.15, 0.2) is 53.4 Å². The first-order chi connectivity index (χ1) is 14.9. The lowest BCUT2D eigenvalue weighted by Gasteiger charge is -2.10. The molecule has 2 aromatic rings. The zero-order valence-corrected chi connectivity index (χ0v) is 19.4. The predicted molar refractivity (Wildman–Crippen MR) is 125 cm³/mol. The van der Waals surface area contributed by atoms with E-state index in [1.807, 2.05) is 30.3 Å². The van der Waals surface area contributed by atoms with Crippen LogP contribution in [0.1, 0.15) is 68.9 Å². The Morgan fingerprint density at radius 3 is 2.13 bits per heavy atom. The maximum Gasteiger partial charge on any atom is 0.303 e. The number of carboxylic acids is 1. The molecule has 0 aliphatic rings. The summed E-state index contributed by atoms with van der Waals surface area (Å²) in [6.07, 6.45) is 8.61.